The van der Waals surface area contributed by atoms with Crippen molar-refractivity contribution in [3.63, 3.8) is 0 Å². The second-order valence-electron chi connectivity index (χ2n) is 5.49. The highest BCUT2D eigenvalue weighted by atomic mass is 32.2. The molecule has 6 nitrogen and oxygen atoms in total. The van der Waals surface area contributed by atoms with Crippen LogP contribution in [0.25, 0.3) is 0 Å². The van der Waals surface area contributed by atoms with E-state index < -0.39 is 9.84 Å². The zero-order valence-corrected chi connectivity index (χ0v) is 15.7. The molecule has 0 bridgehead atoms. The van der Waals surface area contributed by atoms with Crippen molar-refractivity contribution < 1.29 is 13.2 Å². The van der Waals surface area contributed by atoms with Gasteiger partial charge in [0.2, 0.25) is 5.91 Å². The fourth-order valence-corrected chi connectivity index (χ4v) is 6.34. The predicted molar refractivity (Wildman–Crippen MR) is 91.4 cm³/mol. The Labute approximate surface area is 143 Å². The molecule has 2 heterocycles. The fraction of sp³-hybridized carbons (Fsp3) is 0.750. The lowest BCUT2D eigenvalue weighted by atomic mass is 10.3. The van der Waals surface area contributed by atoms with Gasteiger partial charge in [-0.25, -0.2) is 8.42 Å². The van der Waals surface area contributed by atoms with E-state index in [9.17, 15) is 13.2 Å². The molecule has 124 valence electrons. The number of hydrogen-bond donors (Lipinski definition) is 1. The Kier molecular flexibility index (Phi) is 6.54. The van der Waals surface area contributed by atoms with Crippen LogP contribution in [0.1, 0.15) is 20.3 Å². The monoisotopic (exact) mass is 381 g/mol. The second-order valence-corrected chi connectivity index (χ2v) is 11.2. The molecule has 1 N–H and O–H groups in total. The number of amides is 1. The third kappa shape index (κ3) is 6.05. The number of rotatable bonds is 7. The minimum atomic E-state index is -2.96. The number of carbonyl (C=O) groups excluding carboxylic acids is 1. The van der Waals surface area contributed by atoms with E-state index in [0.717, 1.165) is 14.4 Å². The molecule has 1 saturated heterocycles. The SMILES string of the molecule is CC(C)CSc1nnc(SCC(=O)N[C@@H]2CCS(=O)(=O)C2)s1. The Morgan fingerprint density at radius 1 is 1.36 bits per heavy atom. The topological polar surface area (TPSA) is 89.0 Å². The molecule has 0 saturated carbocycles. The maximum absolute atomic E-state index is 11.8. The number of aromatic nitrogens is 2. The van der Waals surface area contributed by atoms with Crippen LogP contribution in [-0.2, 0) is 14.6 Å². The molecule has 1 aromatic rings. The van der Waals surface area contributed by atoms with Crippen molar-refractivity contribution in [2.75, 3.05) is 23.0 Å². The molecule has 0 aromatic carbocycles. The summed E-state index contributed by atoms with van der Waals surface area (Å²) in [4.78, 5) is 11.8. The number of nitrogens with one attached hydrogen (secondary N) is 1. The maximum Gasteiger partial charge on any atom is 0.230 e. The smallest absolute Gasteiger partial charge is 0.230 e. The van der Waals surface area contributed by atoms with Gasteiger partial charge in [-0.3, -0.25) is 4.79 Å². The molecule has 10 heteroatoms. The van der Waals surface area contributed by atoms with Crippen molar-refractivity contribution in [2.24, 2.45) is 5.92 Å². The van der Waals surface area contributed by atoms with Crippen LogP contribution in [0.2, 0.25) is 0 Å². The van der Waals surface area contributed by atoms with E-state index in [1.807, 2.05) is 0 Å². The van der Waals surface area contributed by atoms with Crippen LogP contribution in [0.4, 0.5) is 0 Å². The predicted octanol–water partition coefficient (Wildman–Crippen LogP) is 1.68. The van der Waals surface area contributed by atoms with Crippen molar-refractivity contribution in [3.8, 4) is 0 Å². The van der Waals surface area contributed by atoms with Gasteiger partial charge in [0.05, 0.1) is 17.3 Å². The third-order valence-corrected chi connectivity index (χ3v) is 8.24. The molecular weight excluding hydrogens is 362 g/mol. The molecule has 22 heavy (non-hydrogen) atoms. The van der Waals surface area contributed by atoms with Gasteiger partial charge in [-0.2, -0.15) is 0 Å². The molecule has 2 rings (SSSR count). The van der Waals surface area contributed by atoms with Gasteiger partial charge in [0.1, 0.15) is 0 Å². The highest BCUT2D eigenvalue weighted by molar-refractivity contribution is 8.03. The van der Waals surface area contributed by atoms with E-state index in [0.29, 0.717) is 12.3 Å². The van der Waals surface area contributed by atoms with Gasteiger partial charge >= 0.3 is 0 Å². The molecule has 1 aliphatic rings. The second kappa shape index (κ2) is 7.98. The molecule has 0 radical (unpaired) electrons. The van der Waals surface area contributed by atoms with Crippen LogP contribution in [-0.4, -0.2) is 53.6 Å². The minimum Gasteiger partial charge on any atom is -0.352 e. The van der Waals surface area contributed by atoms with Gasteiger partial charge in [-0.1, -0.05) is 48.7 Å². The zero-order chi connectivity index (χ0) is 16.2. The molecule has 1 fully saturated rings. The summed E-state index contributed by atoms with van der Waals surface area (Å²) >= 11 is 4.50. The molecular formula is C12H19N3O3S4. The van der Waals surface area contributed by atoms with E-state index in [1.165, 1.54) is 23.1 Å². The summed E-state index contributed by atoms with van der Waals surface area (Å²) in [5.41, 5.74) is 0. The largest absolute Gasteiger partial charge is 0.352 e. The first kappa shape index (κ1) is 18.0. The van der Waals surface area contributed by atoms with Crippen LogP contribution in [0.15, 0.2) is 8.68 Å². The summed E-state index contributed by atoms with van der Waals surface area (Å²) in [6.07, 6.45) is 0.507. The number of sulfone groups is 1. The molecule has 1 aromatic heterocycles. The average Bonchev–Trinajstić information content (AvgIpc) is 3.00. The molecule has 0 spiro atoms. The van der Waals surface area contributed by atoms with E-state index in [4.69, 9.17) is 0 Å². The number of thioether (sulfide) groups is 2. The Bertz CT molecular complexity index is 615. The number of carbonyl (C=O) groups is 1. The average molecular weight is 382 g/mol. The first-order valence-electron chi connectivity index (χ1n) is 6.93. The van der Waals surface area contributed by atoms with E-state index in [-0.39, 0.29) is 29.2 Å². The van der Waals surface area contributed by atoms with Crippen LogP contribution in [0.5, 0.6) is 0 Å². The lowest BCUT2D eigenvalue weighted by Gasteiger charge is -2.09. The van der Waals surface area contributed by atoms with Gasteiger partial charge < -0.3 is 5.32 Å². The summed E-state index contributed by atoms with van der Waals surface area (Å²) in [6.45, 7) is 4.30. The number of hydrogen-bond acceptors (Lipinski definition) is 8. The quantitative estimate of drug-likeness (QED) is 0.719. The lowest BCUT2D eigenvalue weighted by Crippen LogP contribution is -2.36. The Morgan fingerprint density at radius 3 is 2.64 bits per heavy atom. The van der Waals surface area contributed by atoms with Crippen molar-refractivity contribution in [2.45, 2.75) is 35.0 Å². The maximum atomic E-state index is 11.8. The first-order valence-corrected chi connectivity index (χ1v) is 11.5. The van der Waals surface area contributed by atoms with Crippen LogP contribution in [0.3, 0.4) is 0 Å². The van der Waals surface area contributed by atoms with E-state index in [1.54, 1.807) is 11.8 Å². The van der Waals surface area contributed by atoms with Gasteiger partial charge in [0, 0.05) is 11.8 Å². The minimum absolute atomic E-state index is 0.0538. The van der Waals surface area contributed by atoms with Gasteiger partial charge in [-0.15, -0.1) is 10.2 Å². The van der Waals surface area contributed by atoms with Crippen molar-refractivity contribution >= 4 is 50.6 Å². The highest BCUT2D eigenvalue weighted by Crippen LogP contribution is 2.29. The zero-order valence-electron chi connectivity index (χ0n) is 12.4. The van der Waals surface area contributed by atoms with Crippen LogP contribution in [0, 0.1) is 5.92 Å². The van der Waals surface area contributed by atoms with E-state index >= 15 is 0 Å². The molecule has 1 amide bonds. The summed E-state index contributed by atoms with van der Waals surface area (Å²) in [5.74, 6) is 1.89. The third-order valence-electron chi connectivity index (χ3n) is 2.85. The molecule has 1 aliphatic heterocycles. The fourth-order valence-electron chi connectivity index (χ4n) is 1.86. The first-order chi connectivity index (χ1) is 10.3. The van der Waals surface area contributed by atoms with Crippen LogP contribution >= 0.6 is 34.9 Å². The Balaban J connectivity index is 1.72. The van der Waals surface area contributed by atoms with Crippen molar-refractivity contribution in [1.82, 2.24) is 15.5 Å². The standard InChI is InChI=1S/C12H19N3O3S4/c1-8(2)5-19-11-14-15-12(21-11)20-6-10(16)13-9-3-4-22(17,18)7-9/h8-9H,3-7H2,1-2H3,(H,13,16)/t9-/m1/s1. The summed E-state index contributed by atoms with van der Waals surface area (Å²) < 4.78 is 24.4. The summed E-state index contributed by atoms with van der Waals surface area (Å²) in [7, 11) is -2.96. The van der Waals surface area contributed by atoms with Crippen LogP contribution < -0.4 is 5.32 Å². The number of nitrogens with zero attached hydrogens (tertiary/aromatic N) is 2. The van der Waals surface area contributed by atoms with Gasteiger partial charge in [0.25, 0.3) is 0 Å². The Morgan fingerprint density at radius 2 is 2.05 bits per heavy atom. The van der Waals surface area contributed by atoms with E-state index in [2.05, 4.69) is 29.4 Å². The summed E-state index contributed by atoms with van der Waals surface area (Å²) in [5, 5.41) is 10.9. The molecule has 1 atom stereocenters. The van der Waals surface area contributed by atoms with Gasteiger partial charge in [-0.05, 0) is 12.3 Å². The Hall–Kier alpha value is -0.320. The highest BCUT2D eigenvalue weighted by Gasteiger charge is 2.28. The molecule has 0 aliphatic carbocycles. The summed E-state index contributed by atoms with van der Waals surface area (Å²) in [6, 6.07) is -0.246. The molecule has 0 unspecified atom stereocenters. The lowest BCUT2D eigenvalue weighted by molar-refractivity contribution is -0.119. The normalized spacial score (nSPS) is 20.4. The van der Waals surface area contributed by atoms with Crippen molar-refractivity contribution in [1.29, 1.82) is 0 Å². The van der Waals surface area contributed by atoms with Gasteiger partial charge in [0.15, 0.2) is 18.5 Å². The van der Waals surface area contributed by atoms with Crippen molar-refractivity contribution in [3.05, 3.63) is 0 Å².